The van der Waals surface area contributed by atoms with Crippen LogP contribution in [0.1, 0.15) is 22.9 Å². The van der Waals surface area contributed by atoms with E-state index in [4.69, 9.17) is 0 Å². The van der Waals surface area contributed by atoms with Gasteiger partial charge in [-0.2, -0.15) is 5.26 Å². The second-order valence-electron chi connectivity index (χ2n) is 4.64. The number of carbonyl (C=O) groups is 1. The van der Waals surface area contributed by atoms with Crippen molar-refractivity contribution in [2.24, 2.45) is 0 Å². The molecule has 4 heteroatoms. The summed E-state index contributed by atoms with van der Waals surface area (Å²) < 4.78 is 0. The van der Waals surface area contributed by atoms with Crippen LogP contribution in [-0.2, 0) is 11.2 Å². The minimum absolute atomic E-state index is 0.111. The molecule has 1 aromatic heterocycles. The Balaban J connectivity index is 2.15. The molecule has 0 radical (unpaired) electrons. The molecule has 0 bridgehead atoms. The number of aryl methyl sites for hydroxylation is 2. The highest BCUT2D eigenvalue weighted by Gasteiger charge is 2.10. The molecule has 21 heavy (non-hydrogen) atoms. The molecule has 1 heterocycles. The van der Waals surface area contributed by atoms with E-state index in [9.17, 15) is 10.1 Å². The van der Waals surface area contributed by atoms with Crippen molar-refractivity contribution >= 4 is 29.0 Å². The average molecular weight is 296 g/mol. The summed E-state index contributed by atoms with van der Waals surface area (Å²) in [7, 11) is 0. The summed E-state index contributed by atoms with van der Waals surface area (Å²) in [6.45, 7) is 4.03. The normalized spacial score (nSPS) is 11.0. The minimum Gasteiger partial charge on any atom is -0.321 e. The number of hydrogen-bond donors (Lipinski definition) is 1. The fraction of sp³-hybridized carbons (Fsp3) is 0.176. The molecule has 0 aliphatic carbocycles. The Morgan fingerprint density at radius 1 is 1.33 bits per heavy atom. The molecule has 0 unspecified atom stereocenters. The number of hydrogen-bond acceptors (Lipinski definition) is 3. The van der Waals surface area contributed by atoms with E-state index < -0.39 is 0 Å². The second kappa shape index (κ2) is 6.87. The quantitative estimate of drug-likeness (QED) is 0.680. The van der Waals surface area contributed by atoms with Gasteiger partial charge in [-0.25, -0.2) is 0 Å². The zero-order valence-corrected chi connectivity index (χ0v) is 12.8. The molecular formula is C17H16N2OS. The van der Waals surface area contributed by atoms with Gasteiger partial charge >= 0.3 is 0 Å². The lowest BCUT2D eigenvalue weighted by Gasteiger charge is -2.05. The van der Waals surface area contributed by atoms with Crippen LogP contribution in [0.5, 0.6) is 0 Å². The van der Waals surface area contributed by atoms with Crippen molar-refractivity contribution < 1.29 is 4.79 Å². The van der Waals surface area contributed by atoms with Crippen molar-refractivity contribution in [2.75, 3.05) is 5.32 Å². The first-order valence-electron chi connectivity index (χ1n) is 6.70. The van der Waals surface area contributed by atoms with Crippen LogP contribution in [0.15, 0.2) is 41.3 Å². The lowest BCUT2D eigenvalue weighted by atomic mass is 10.1. The first-order valence-corrected chi connectivity index (χ1v) is 7.58. The molecule has 0 saturated heterocycles. The van der Waals surface area contributed by atoms with Gasteiger partial charge in [0, 0.05) is 10.6 Å². The molecule has 0 atom stereocenters. The summed E-state index contributed by atoms with van der Waals surface area (Å²) in [5.74, 6) is -0.380. The van der Waals surface area contributed by atoms with Crippen LogP contribution in [0, 0.1) is 18.3 Å². The molecule has 1 aromatic carbocycles. The Hall–Kier alpha value is -2.38. The number of nitriles is 1. The Bertz CT molecular complexity index is 705. The van der Waals surface area contributed by atoms with Crippen molar-refractivity contribution in [1.82, 2.24) is 0 Å². The van der Waals surface area contributed by atoms with Crippen molar-refractivity contribution in [3.8, 4) is 6.07 Å². The van der Waals surface area contributed by atoms with Crippen molar-refractivity contribution in [1.29, 1.82) is 5.26 Å². The molecule has 0 aliphatic rings. The van der Waals surface area contributed by atoms with Gasteiger partial charge in [0.05, 0.1) is 0 Å². The molecule has 0 saturated carbocycles. The fourth-order valence-electron chi connectivity index (χ4n) is 1.83. The standard InChI is InChI=1S/C17H16N2OS/c1-3-13-4-6-15(7-5-13)19-17(20)14(11-18)10-16-12(2)8-9-21-16/h4-10H,3H2,1-2H3,(H,19,20). The van der Waals surface area contributed by atoms with Crippen LogP contribution in [0.25, 0.3) is 6.08 Å². The van der Waals surface area contributed by atoms with Crippen LogP contribution in [0.4, 0.5) is 5.69 Å². The Labute approximate surface area is 128 Å². The maximum atomic E-state index is 12.1. The van der Waals surface area contributed by atoms with E-state index in [1.54, 1.807) is 6.08 Å². The van der Waals surface area contributed by atoms with E-state index in [-0.39, 0.29) is 11.5 Å². The largest absolute Gasteiger partial charge is 0.321 e. The maximum Gasteiger partial charge on any atom is 0.266 e. The molecular weight excluding hydrogens is 280 g/mol. The molecule has 1 amide bonds. The van der Waals surface area contributed by atoms with Crippen LogP contribution < -0.4 is 5.32 Å². The number of nitrogens with one attached hydrogen (secondary N) is 1. The highest BCUT2D eigenvalue weighted by atomic mass is 32.1. The van der Waals surface area contributed by atoms with Crippen molar-refractivity contribution in [3.05, 3.63) is 57.3 Å². The number of thiophene rings is 1. The monoisotopic (exact) mass is 296 g/mol. The van der Waals surface area contributed by atoms with Gasteiger partial charge in [-0.15, -0.1) is 11.3 Å². The summed E-state index contributed by atoms with van der Waals surface area (Å²) in [6.07, 6.45) is 2.59. The first-order chi connectivity index (χ1) is 10.1. The van der Waals surface area contributed by atoms with Crippen LogP contribution in [-0.4, -0.2) is 5.91 Å². The molecule has 0 spiro atoms. The van der Waals surface area contributed by atoms with E-state index in [2.05, 4.69) is 12.2 Å². The third-order valence-electron chi connectivity index (χ3n) is 3.16. The van der Waals surface area contributed by atoms with Crippen molar-refractivity contribution in [2.45, 2.75) is 20.3 Å². The second-order valence-corrected chi connectivity index (χ2v) is 5.59. The Morgan fingerprint density at radius 3 is 2.57 bits per heavy atom. The molecule has 2 aromatic rings. The van der Waals surface area contributed by atoms with Gasteiger partial charge in [0.1, 0.15) is 11.6 Å². The maximum absolute atomic E-state index is 12.1. The van der Waals surface area contributed by atoms with E-state index in [1.165, 1.54) is 16.9 Å². The van der Waals surface area contributed by atoms with Crippen LogP contribution in [0.3, 0.4) is 0 Å². The fourth-order valence-corrected chi connectivity index (χ4v) is 2.69. The number of rotatable bonds is 4. The van der Waals surface area contributed by atoms with Gasteiger partial charge < -0.3 is 5.32 Å². The van der Waals surface area contributed by atoms with Gasteiger partial charge in [0.25, 0.3) is 5.91 Å². The van der Waals surface area contributed by atoms with Crippen LogP contribution >= 0.6 is 11.3 Å². The Morgan fingerprint density at radius 2 is 2.05 bits per heavy atom. The number of anilines is 1. The smallest absolute Gasteiger partial charge is 0.266 e. The number of nitrogens with zero attached hydrogens (tertiary/aromatic N) is 1. The van der Waals surface area contributed by atoms with E-state index in [1.807, 2.05) is 48.7 Å². The third kappa shape index (κ3) is 3.80. The highest BCUT2D eigenvalue weighted by molar-refractivity contribution is 7.11. The lowest BCUT2D eigenvalue weighted by Crippen LogP contribution is -2.13. The summed E-state index contributed by atoms with van der Waals surface area (Å²) in [5, 5.41) is 13.9. The van der Waals surface area contributed by atoms with Gasteiger partial charge in [-0.3, -0.25) is 4.79 Å². The summed E-state index contributed by atoms with van der Waals surface area (Å²) in [4.78, 5) is 13.1. The molecule has 2 rings (SSSR count). The van der Waals surface area contributed by atoms with Crippen molar-refractivity contribution in [3.63, 3.8) is 0 Å². The molecule has 0 fully saturated rings. The molecule has 106 valence electrons. The average Bonchev–Trinajstić information content (AvgIpc) is 2.90. The summed E-state index contributed by atoms with van der Waals surface area (Å²) in [6, 6.07) is 11.6. The SMILES string of the molecule is CCc1ccc(NC(=O)C(C#N)=Cc2sccc2C)cc1. The highest BCUT2D eigenvalue weighted by Crippen LogP contribution is 2.20. The summed E-state index contributed by atoms with van der Waals surface area (Å²) in [5.41, 5.74) is 3.08. The Kier molecular flexibility index (Phi) is 4.91. The third-order valence-corrected chi connectivity index (χ3v) is 4.13. The summed E-state index contributed by atoms with van der Waals surface area (Å²) >= 11 is 1.51. The number of amides is 1. The van der Waals surface area contributed by atoms with Gasteiger partial charge in [-0.1, -0.05) is 19.1 Å². The first kappa shape index (κ1) is 15.0. The van der Waals surface area contributed by atoms with Gasteiger partial charge in [0.2, 0.25) is 0 Å². The van der Waals surface area contributed by atoms with Gasteiger partial charge in [0.15, 0.2) is 0 Å². The number of carbonyl (C=O) groups excluding carboxylic acids is 1. The topological polar surface area (TPSA) is 52.9 Å². The van der Waals surface area contributed by atoms with E-state index in [0.717, 1.165) is 16.9 Å². The van der Waals surface area contributed by atoms with E-state index >= 15 is 0 Å². The predicted octanol–water partition coefficient (Wildman–Crippen LogP) is 4.16. The zero-order chi connectivity index (χ0) is 15.2. The number of benzene rings is 1. The van der Waals surface area contributed by atoms with Crippen LogP contribution in [0.2, 0.25) is 0 Å². The van der Waals surface area contributed by atoms with Gasteiger partial charge in [-0.05, 0) is 54.1 Å². The zero-order valence-electron chi connectivity index (χ0n) is 12.0. The molecule has 0 aliphatic heterocycles. The lowest BCUT2D eigenvalue weighted by molar-refractivity contribution is -0.112. The molecule has 3 nitrogen and oxygen atoms in total. The molecule has 1 N–H and O–H groups in total. The predicted molar refractivity (Wildman–Crippen MR) is 87.1 cm³/mol. The minimum atomic E-state index is -0.380. The van der Waals surface area contributed by atoms with E-state index in [0.29, 0.717) is 5.69 Å².